The third kappa shape index (κ3) is 6.38. The topological polar surface area (TPSA) is 92.3 Å². The van der Waals surface area contributed by atoms with Crippen LogP contribution in [0, 0.1) is 0 Å². The van der Waals surface area contributed by atoms with E-state index >= 15 is 0 Å². The second-order valence-electron chi connectivity index (χ2n) is 10.3. The number of amides is 1. The zero-order chi connectivity index (χ0) is 27.6. The Hall–Kier alpha value is -2.44. The minimum absolute atomic E-state index is 0. The van der Waals surface area contributed by atoms with Gasteiger partial charge in [-0.3, -0.25) is 9.69 Å². The summed E-state index contributed by atoms with van der Waals surface area (Å²) in [5, 5.41) is 0.590. The Labute approximate surface area is 246 Å². The predicted octanol–water partition coefficient (Wildman–Crippen LogP) is 5.04. The van der Waals surface area contributed by atoms with Crippen LogP contribution < -0.4 is 14.4 Å². The lowest BCUT2D eigenvalue weighted by Gasteiger charge is -2.34. The number of rotatable bonds is 9. The highest BCUT2D eigenvalue weighted by molar-refractivity contribution is 7.89. The van der Waals surface area contributed by atoms with Crippen LogP contribution in [0.5, 0.6) is 11.5 Å². The van der Waals surface area contributed by atoms with Crippen LogP contribution in [0.2, 0.25) is 0 Å². The summed E-state index contributed by atoms with van der Waals surface area (Å²) in [6, 6.07) is 10.1. The first-order valence-corrected chi connectivity index (χ1v) is 15.8. The molecule has 2 aliphatic rings. The minimum atomic E-state index is -3.62. The van der Waals surface area contributed by atoms with Gasteiger partial charge in [-0.05, 0) is 70.6 Å². The van der Waals surface area contributed by atoms with Crippen LogP contribution in [0.25, 0.3) is 10.2 Å². The Bertz CT molecular complexity index is 1390. The van der Waals surface area contributed by atoms with E-state index in [2.05, 4.69) is 4.90 Å². The van der Waals surface area contributed by atoms with Crippen LogP contribution in [0.4, 0.5) is 5.13 Å². The Balaban J connectivity index is 0.00000370. The molecule has 3 aromatic rings. The predicted molar refractivity (Wildman–Crippen MR) is 161 cm³/mol. The second-order valence-corrected chi connectivity index (χ2v) is 13.2. The summed E-state index contributed by atoms with van der Waals surface area (Å²) in [4.78, 5) is 22.6. The lowest BCUT2D eigenvalue weighted by molar-refractivity contribution is 0.0986. The molecule has 1 saturated heterocycles. The molecule has 9 nitrogen and oxygen atoms in total. The summed E-state index contributed by atoms with van der Waals surface area (Å²) >= 11 is 1.43. The lowest BCUT2D eigenvalue weighted by atomic mass is 10.0. The summed E-state index contributed by atoms with van der Waals surface area (Å²) in [7, 11) is 0.379. The number of anilines is 1. The molecule has 1 unspecified atom stereocenters. The highest BCUT2D eigenvalue weighted by Gasteiger charge is 2.33. The summed E-state index contributed by atoms with van der Waals surface area (Å²) in [5.41, 5.74) is 1.17. The van der Waals surface area contributed by atoms with Crippen LogP contribution in [-0.2, 0) is 10.0 Å². The number of benzene rings is 2. The highest BCUT2D eigenvalue weighted by atomic mass is 35.5. The molecule has 3 heterocycles. The van der Waals surface area contributed by atoms with E-state index in [0.717, 1.165) is 48.9 Å². The Morgan fingerprint density at radius 3 is 2.45 bits per heavy atom. The standard InChI is InChI=1S/C28H36N4O5S2.ClH/c1-4-21-8-5-6-15-32(21)39(34,35)22-11-9-20(10-12-22)27(33)31(14-7-13-30(2)3)28-29-23-18-24-25(19-26(23)38-28)37-17-16-36-24;/h9-12,18-19,21H,4-8,13-17H2,1-3H3;1H. The van der Waals surface area contributed by atoms with Gasteiger partial charge in [0.05, 0.1) is 15.1 Å². The molecule has 1 fully saturated rings. The van der Waals surface area contributed by atoms with Crippen molar-refractivity contribution in [3.8, 4) is 11.5 Å². The van der Waals surface area contributed by atoms with E-state index < -0.39 is 10.0 Å². The van der Waals surface area contributed by atoms with Crippen LogP contribution >= 0.6 is 23.7 Å². The summed E-state index contributed by atoms with van der Waals surface area (Å²) in [6.45, 7) is 4.86. The van der Waals surface area contributed by atoms with Crippen LogP contribution in [0.1, 0.15) is 49.4 Å². The zero-order valence-electron chi connectivity index (χ0n) is 23.2. The Morgan fingerprint density at radius 1 is 1.07 bits per heavy atom. The average Bonchev–Trinajstić information content (AvgIpc) is 3.36. The Morgan fingerprint density at radius 2 is 1.77 bits per heavy atom. The molecule has 0 bridgehead atoms. The molecule has 1 aromatic heterocycles. The van der Waals surface area contributed by atoms with Crippen molar-refractivity contribution < 1.29 is 22.7 Å². The number of carbonyl (C=O) groups is 1. The van der Waals surface area contributed by atoms with E-state index in [1.165, 1.54) is 11.3 Å². The van der Waals surface area contributed by atoms with E-state index in [4.69, 9.17) is 14.5 Å². The van der Waals surface area contributed by atoms with Crippen molar-refractivity contribution in [2.75, 3.05) is 51.8 Å². The molecule has 5 rings (SSSR count). The fourth-order valence-corrected chi connectivity index (χ4v) is 7.92. The molecule has 2 aromatic carbocycles. The average molecular weight is 609 g/mol. The van der Waals surface area contributed by atoms with Gasteiger partial charge in [0.15, 0.2) is 16.6 Å². The van der Waals surface area contributed by atoms with Crippen molar-refractivity contribution in [2.24, 2.45) is 0 Å². The maximum Gasteiger partial charge on any atom is 0.260 e. The third-order valence-corrected chi connectivity index (χ3v) is 10.3. The number of hydrogen-bond acceptors (Lipinski definition) is 8. The van der Waals surface area contributed by atoms with Gasteiger partial charge in [0.25, 0.3) is 5.91 Å². The van der Waals surface area contributed by atoms with Gasteiger partial charge < -0.3 is 14.4 Å². The molecule has 1 amide bonds. The largest absolute Gasteiger partial charge is 0.486 e. The number of ether oxygens (including phenoxy) is 2. The van der Waals surface area contributed by atoms with Crippen LogP contribution in [-0.4, -0.2) is 81.5 Å². The summed E-state index contributed by atoms with van der Waals surface area (Å²) < 4.78 is 40.8. The quantitative estimate of drug-likeness (QED) is 0.336. The molecular weight excluding hydrogens is 572 g/mol. The van der Waals surface area contributed by atoms with E-state index in [0.29, 0.717) is 48.5 Å². The second kappa shape index (κ2) is 13.0. The van der Waals surface area contributed by atoms with Gasteiger partial charge in [-0.25, -0.2) is 13.4 Å². The van der Waals surface area contributed by atoms with Gasteiger partial charge in [0.1, 0.15) is 13.2 Å². The summed E-state index contributed by atoms with van der Waals surface area (Å²) in [6.07, 6.45) is 4.36. The molecular formula is C28H37ClN4O5S2. The minimum Gasteiger partial charge on any atom is -0.486 e. The number of aromatic nitrogens is 1. The molecule has 40 heavy (non-hydrogen) atoms. The van der Waals surface area contributed by atoms with E-state index in [1.807, 2.05) is 33.2 Å². The van der Waals surface area contributed by atoms with Gasteiger partial charge in [0, 0.05) is 36.8 Å². The maximum atomic E-state index is 13.8. The first kappa shape index (κ1) is 30.5. The third-order valence-electron chi connectivity index (χ3n) is 7.26. The molecule has 0 saturated carbocycles. The molecule has 1 atom stereocenters. The molecule has 218 valence electrons. The number of thiazole rings is 1. The van der Waals surface area contributed by atoms with Gasteiger partial charge >= 0.3 is 0 Å². The number of fused-ring (bicyclic) bond motifs is 2. The van der Waals surface area contributed by atoms with E-state index in [-0.39, 0.29) is 29.3 Å². The molecule has 12 heteroatoms. The summed E-state index contributed by atoms with van der Waals surface area (Å²) in [5.74, 6) is 1.13. The van der Waals surface area contributed by atoms with Crippen molar-refractivity contribution in [1.29, 1.82) is 0 Å². The maximum absolute atomic E-state index is 13.8. The number of nitrogens with zero attached hydrogens (tertiary/aromatic N) is 4. The van der Waals surface area contributed by atoms with Crippen molar-refractivity contribution in [1.82, 2.24) is 14.2 Å². The van der Waals surface area contributed by atoms with E-state index in [1.54, 1.807) is 33.5 Å². The first-order chi connectivity index (χ1) is 18.8. The number of piperidine rings is 1. The van der Waals surface area contributed by atoms with Crippen LogP contribution in [0.3, 0.4) is 0 Å². The molecule has 0 spiro atoms. The molecule has 2 aliphatic heterocycles. The molecule has 0 radical (unpaired) electrons. The van der Waals surface area contributed by atoms with E-state index in [9.17, 15) is 13.2 Å². The van der Waals surface area contributed by atoms with Gasteiger partial charge in [-0.15, -0.1) is 12.4 Å². The fraction of sp³-hybridized carbons (Fsp3) is 0.500. The monoisotopic (exact) mass is 608 g/mol. The van der Waals surface area contributed by atoms with Gasteiger partial charge in [0.2, 0.25) is 10.0 Å². The lowest BCUT2D eigenvalue weighted by Crippen LogP contribution is -2.43. The number of halogens is 1. The fourth-order valence-electron chi connectivity index (χ4n) is 5.16. The van der Waals surface area contributed by atoms with Crippen molar-refractivity contribution in [3.63, 3.8) is 0 Å². The van der Waals surface area contributed by atoms with Crippen molar-refractivity contribution >= 4 is 55.0 Å². The van der Waals surface area contributed by atoms with Crippen LogP contribution in [0.15, 0.2) is 41.3 Å². The smallest absolute Gasteiger partial charge is 0.260 e. The number of hydrogen-bond donors (Lipinski definition) is 0. The van der Waals surface area contributed by atoms with Crippen molar-refractivity contribution in [2.45, 2.75) is 50.0 Å². The van der Waals surface area contributed by atoms with Gasteiger partial charge in [-0.1, -0.05) is 24.7 Å². The van der Waals surface area contributed by atoms with Crippen molar-refractivity contribution in [3.05, 3.63) is 42.0 Å². The molecule has 0 N–H and O–H groups in total. The number of sulfonamides is 1. The normalized spacial score (nSPS) is 17.6. The first-order valence-electron chi connectivity index (χ1n) is 13.6. The number of carbonyl (C=O) groups excluding carboxylic acids is 1. The zero-order valence-corrected chi connectivity index (χ0v) is 25.6. The molecule has 0 aliphatic carbocycles. The SMILES string of the molecule is CCC1CCCCN1S(=O)(=O)c1ccc(C(=O)N(CCCN(C)C)c2nc3cc4c(cc3s2)OCCO4)cc1.Cl. The van der Waals surface area contributed by atoms with Gasteiger partial charge in [-0.2, -0.15) is 4.31 Å². The highest BCUT2D eigenvalue weighted by Crippen LogP contribution is 2.39. The Kier molecular flexibility index (Phi) is 9.94.